The Labute approximate surface area is 114 Å². The zero-order valence-corrected chi connectivity index (χ0v) is 11.7. The molecule has 0 bridgehead atoms. The summed E-state index contributed by atoms with van der Waals surface area (Å²) in [6.45, 7) is 6.20. The van der Waals surface area contributed by atoms with Crippen molar-refractivity contribution in [2.24, 2.45) is 0 Å². The second-order valence-corrected chi connectivity index (χ2v) is 4.74. The lowest BCUT2D eigenvalue weighted by molar-refractivity contribution is 1.50. The summed E-state index contributed by atoms with van der Waals surface area (Å²) in [5.41, 5.74) is 1.36. The third kappa shape index (κ3) is 1.67. The van der Waals surface area contributed by atoms with Gasteiger partial charge < -0.3 is 0 Å². The average Bonchev–Trinajstić information content (AvgIpc) is 2.48. The summed E-state index contributed by atoms with van der Waals surface area (Å²) in [6, 6.07) is 19.9. The van der Waals surface area contributed by atoms with E-state index < -0.39 is 0 Å². The van der Waals surface area contributed by atoms with E-state index in [2.05, 4.69) is 61.5 Å². The van der Waals surface area contributed by atoms with Crippen LogP contribution < -0.4 is 0 Å². The molecule has 0 spiro atoms. The molecule has 0 aliphatic heterocycles. The second-order valence-electron chi connectivity index (χ2n) is 4.74. The normalized spacial score (nSPS) is 10.9. The van der Waals surface area contributed by atoms with Crippen LogP contribution in [0.2, 0.25) is 0 Å². The lowest BCUT2D eigenvalue weighted by Crippen LogP contribution is -1.85. The molecule has 0 unspecified atom stereocenters. The number of aryl methyl sites for hydroxylation is 1. The Hall–Kier alpha value is -2.08. The summed E-state index contributed by atoms with van der Waals surface area (Å²) < 4.78 is 0. The summed E-state index contributed by atoms with van der Waals surface area (Å²) in [7, 11) is 0. The fourth-order valence-corrected chi connectivity index (χ4v) is 2.94. The van der Waals surface area contributed by atoms with Gasteiger partial charge in [-0.2, -0.15) is 0 Å². The van der Waals surface area contributed by atoms with Crippen LogP contribution in [0.25, 0.3) is 32.3 Å². The molecule has 94 valence electrons. The zero-order valence-electron chi connectivity index (χ0n) is 11.7. The molecule has 0 amide bonds. The van der Waals surface area contributed by atoms with Crippen LogP contribution in [0.1, 0.15) is 19.4 Å². The van der Waals surface area contributed by atoms with Gasteiger partial charge in [-0.1, -0.05) is 68.4 Å². The first-order chi connectivity index (χ1) is 9.34. The van der Waals surface area contributed by atoms with Gasteiger partial charge in [0.15, 0.2) is 0 Å². The number of hydrogen-bond acceptors (Lipinski definition) is 0. The molecule has 0 radical (unpaired) electrons. The van der Waals surface area contributed by atoms with Gasteiger partial charge in [-0.05, 0) is 44.8 Å². The van der Waals surface area contributed by atoms with Gasteiger partial charge in [0.1, 0.15) is 0 Å². The van der Waals surface area contributed by atoms with E-state index in [1.54, 1.807) is 0 Å². The maximum absolute atomic E-state index is 2.30. The third-order valence-corrected chi connectivity index (χ3v) is 3.71. The van der Waals surface area contributed by atoms with Crippen LogP contribution in [0.4, 0.5) is 0 Å². The highest BCUT2D eigenvalue weighted by molar-refractivity contribution is 6.23. The first-order valence-corrected chi connectivity index (χ1v) is 6.98. The fraction of sp³-hybridized carbons (Fsp3) is 0.158. The summed E-state index contributed by atoms with van der Waals surface area (Å²) >= 11 is 0. The smallest absolute Gasteiger partial charge is 0.00241 e. The lowest BCUT2D eigenvalue weighted by atomic mass is 9.92. The van der Waals surface area contributed by atoms with E-state index in [1.807, 2.05) is 13.8 Å². The number of rotatable bonds is 0. The molecule has 0 N–H and O–H groups in total. The van der Waals surface area contributed by atoms with Crippen molar-refractivity contribution in [3.63, 3.8) is 0 Å². The predicted octanol–water partition coefficient (Wildman–Crippen LogP) is 5.92. The van der Waals surface area contributed by atoms with E-state index in [4.69, 9.17) is 0 Å². The van der Waals surface area contributed by atoms with Crippen molar-refractivity contribution < 1.29 is 0 Å². The van der Waals surface area contributed by atoms with Crippen LogP contribution >= 0.6 is 0 Å². The highest BCUT2D eigenvalue weighted by Crippen LogP contribution is 2.35. The molecule has 0 heteroatoms. The summed E-state index contributed by atoms with van der Waals surface area (Å²) in [5, 5.41) is 8.24. The molecule has 19 heavy (non-hydrogen) atoms. The van der Waals surface area contributed by atoms with Crippen LogP contribution in [-0.4, -0.2) is 0 Å². The molecular formula is C19H18. The maximum Gasteiger partial charge on any atom is -0.00241 e. The molecule has 0 aromatic heterocycles. The van der Waals surface area contributed by atoms with Gasteiger partial charge in [-0.3, -0.25) is 0 Å². The fourth-order valence-electron chi connectivity index (χ4n) is 2.94. The molecular weight excluding hydrogens is 228 g/mol. The zero-order chi connectivity index (χ0) is 13.4. The second kappa shape index (κ2) is 4.55. The molecule has 0 nitrogen and oxygen atoms in total. The van der Waals surface area contributed by atoms with Crippen molar-refractivity contribution in [1.29, 1.82) is 0 Å². The van der Waals surface area contributed by atoms with E-state index in [0.29, 0.717) is 0 Å². The lowest BCUT2D eigenvalue weighted by Gasteiger charge is -2.12. The minimum absolute atomic E-state index is 1.34. The molecule has 0 saturated carbocycles. The Morgan fingerprint density at radius 3 is 1.95 bits per heavy atom. The van der Waals surface area contributed by atoms with Gasteiger partial charge in [-0.25, -0.2) is 0 Å². The largest absolute Gasteiger partial charge is 0.0683 e. The van der Waals surface area contributed by atoms with Crippen LogP contribution in [0.3, 0.4) is 0 Å². The summed E-state index contributed by atoms with van der Waals surface area (Å²) in [6.07, 6.45) is 0. The molecule has 0 heterocycles. The quantitative estimate of drug-likeness (QED) is 0.338. The topological polar surface area (TPSA) is 0 Å². The highest BCUT2D eigenvalue weighted by atomic mass is 14.1. The number of hydrogen-bond donors (Lipinski definition) is 0. The standard InChI is InChI=1S/C17H12.C2H6/c1-11-10-14-6-2-4-12-8-9-13-5-3-7-15(11)17(13)16(12)14;1-2/h2-10H,1H3;1-2H3. The van der Waals surface area contributed by atoms with Crippen molar-refractivity contribution >= 4 is 32.3 Å². The van der Waals surface area contributed by atoms with Gasteiger partial charge in [0.2, 0.25) is 0 Å². The van der Waals surface area contributed by atoms with Crippen LogP contribution in [0.5, 0.6) is 0 Å². The monoisotopic (exact) mass is 246 g/mol. The average molecular weight is 246 g/mol. The molecule has 0 aliphatic carbocycles. The van der Waals surface area contributed by atoms with Crippen LogP contribution in [-0.2, 0) is 0 Å². The Morgan fingerprint density at radius 2 is 1.21 bits per heavy atom. The summed E-state index contributed by atoms with van der Waals surface area (Å²) in [5.74, 6) is 0. The van der Waals surface area contributed by atoms with Gasteiger partial charge >= 0.3 is 0 Å². The summed E-state index contributed by atoms with van der Waals surface area (Å²) in [4.78, 5) is 0. The highest BCUT2D eigenvalue weighted by Gasteiger charge is 2.08. The first kappa shape index (κ1) is 12.0. The Bertz CT molecular complexity index is 840. The van der Waals surface area contributed by atoms with Crippen molar-refractivity contribution in [2.45, 2.75) is 20.8 Å². The van der Waals surface area contributed by atoms with E-state index in [9.17, 15) is 0 Å². The van der Waals surface area contributed by atoms with E-state index >= 15 is 0 Å². The predicted molar refractivity (Wildman–Crippen MR) is 86.2 cm³/mol. The molecule has 0 atom stereocenters. The van der Waals surface area contributed by atoms with E-state index in [0.717, 1.165) is 0 Å². The van der Waals surface area contributed by atoms with Gasteiger partial charge in [-0.15, -0.1) is 0 Å². The minimum Gasteiger partial charge on any atom is -0.0683 e. The van der Waals surface area contributed by atoms with Crippen LogP contribution in [0, 0.1) is 6.92 Å². The maximum atomic E-state index is 2.30. The van der Waals surface area contributed by atoms with E-state index in [-0.39, 0.29) is 0 Å². The third-order valence-electron chi connectivity index (χ3n) is 3.71. The SMILES string of the molecule is CC.Cc1cc2cccc3ccc4cccc1c4c32. The Kier molecular flexibility index (Phi) is 2.87. The van der Waals surface area contributed by atoms with E-state index in [1.165, 1.54) is 37.9 Å². The molecule has 0 aliphatic rings. The van der Waals surface area contributed by atoms with Crippen molar-refractivity contribution in [3.8, 4) is 0 Å². The van der Waals surface area contributed by atoms with Gasteiger partial charge in [0, 0.05) is 0 Å². The van der Waals surface area contributed by atoms with Crippen LogP contribution in [0.15, 0.2) is 54.6 Å². The molecule has 4 rings (SSSR count). The number of benzene rings is 4. The van der Waals surface area contributed by atoms with Gasteiger partial charge in [0.25, 0.3) is 0 Å². The first-order valence-electron chi connectivity index (χ1n) is 6.98. The van der Waals surface area contributed by atoms with Crippen molar-refractivity contribution in [1.82, 2.24) is 0 Å². The van der Waals surface area contributed by atoms with Gasteiger partial charge in [0.05, 0.1) is 0 Å². The molecule has 4 aromatic carbocycles. The van der Waals surface area contributed by atoms with Crippen molar-refractivity contribution in [3.05, 3.63) is 60.2 Å². The molecule has 0 fully saturated rings. The minimum atomic E-state index is 1.34. The molecule has 0 saturated heterocycles. The Balaban J connectivity index is 0.000000528. The Morgan fingerprint density at radius 1 is 0.632 bits per heavy atom. The molecule has 4 aromatic rings. The van der Waals surface area contributed by atoms with Crippen molar-refractivity contribution in [2.75, 3.05) is 0 Å².